The molecule has 0 radical (unpaired) electrons. The lowest BCUT2D eigenvalue weighted by molar-refractivity contribution is -0.143. The number of aliphatic hydroxyl groups is 1. The first-order valence-electron chi connectivity index (χ1n) is 6.69. The lowest BCUT2D eigenvalue weighted by atomic mass is 9.93. The van der Waals surface area contributed by atoms with Crippen LogP contribution in [0.25, 0.3) is 0 Å². The van der Waals surface area contributed by atoms with Crippen LogP contribution in [0.5, 0.6) is 0 Å². The molecule has 1 unspecified atom stereocenters. The van der Waals surface area contributed by atoms with E-state index in [1.807, 2.05) is 44.2 Å². The van der Waals surface area contributed by atoms with E-state index >= 15 is 0 Å². The van der Waals surface area contributed by atoms with E-state index in [1.165, 1.54) is 0 Å². The lowest BCUT2D eigenvalue weighted by Gasteiger charge is -2.29. The largest absolute Gasteiger partial charge is 0.465 e. The Balaban J connectivity index is 2.50. The Bertz CT molecular complexity index is 380. The van der Waals surface area contributed by atoms with Crippen molar-refractivity contribution in [3.63, 3.8) is 0 Å². The molecule has 4 heteroatoms. The molecule has 0 spiro atoms. The fourth-order valence-electron chi connectivity index (χ4n) is 1.70. The Morgan fingerprint density at radius 2 is 2.05 bits per heavy atom. The third-order valence-corrected chi connectivity index (χ3v) is 3.11. The summed E-state index contributed by atoms with van der Waals surface area (Å²) >= 11 is 0. The summed E-state index contributed by atoms with van der Waals surface area (Å²) in [6.07, 6.45) is 1.88. The highest BCUT2D eigenvalue weighted by molar-refractivity contribution is 5.71. The molecule has 0 bridgehead atoms. The number of hydrogen-bond donors (Lipinski definition) is 2. The Labute approximate surface area is 114 Å². The van der Waals surface area contributed by atoms with Crippen molar-refractivity contribution in [2.24, 2.45) is 0 Å². The van der Waals surface area contributed by atoms with E-state index in [9.17, 15) is 9.90 Å². The number of esters is 1. The van der Waals surface area contributed by atoms with Gasteiger partial charge in [0.05, 0.1) is 25.3 Å². The van der Waals surface area contributed by atoms with Gasteiger partial charge in [0.25, 0.3) is 0 Å². The molecule has 0 aliphatic carbocycles. The van der Waals surface area contributed by atoms with Gasteiger partial charge in [-0.25, -0.2) is 0 Å². The van der Waals surface area contributed by atoms with Crippen molar-refractivity contribution in [3.8, 4) is 0 Å². The molecule has 0 saturated heterocycles. The molecule has 0 fully saturated rings. The first-order valence-corrected chi connectivity index (χ1v) is 6.69. The Hall–Kier alpha value is -1.39. The van der Waals surface area contributed by atoms with Gasteiger partial charge >= 0.3 is 5.97 Å². The normalized spacial score (nSPS) is 13.8. The number of carbonyl (C=O) groups excluding carboxylic acids is 1. The summed E-state index contributed by atoms with van der Waals surface area (Å²) in [5.41, 5.74) is 0.309. The molecular weight excluding hydrogens is 242 g/mol. The fourth-order valence-corrected chi connectivity index (χ4v) is 1.70. The molecule has 1 atom stereocenters. The van der Waals surface area contributed by atoms with Crippen molar-refractivity contribution in [2.75, 3.05) is 19.8 Å². The highest BCUT2D eigenvalue weighted by Crippen LogP contribution is 2.19. The van der Waals surface area contributed by atoms with Crippen LogP contribution in [-0.4, -0.2) is 30.8 Å². The van der Waals surface area contributed by atoms with Crippen molar-refractivity contribution >= 4 is 5.97 Å². The van der Waals surface area contributed by atoms with Gasteiger partial charge in [0, 0.05) is 0 Å². The number of nitrogens with one attached hydrogen (secondary N) is 1. The van der Waals surface area contributed by atoms with Crippen molar-refractivity contribution in [1.29, 1.82) is 0 Å². The number of ether oxygens (including phenoxy) is 1. The monoisotopic (exact) mass is 265 g/mol. The van der Waals surface area contributed by atoms with Crippen molar-refractivity contribution in [3.05, 3.63) is 35.9 Å². The predicted molar refractivity (Wildman–Crippen MR) is 74.7 cm³/mol. The standard InChI is InChI=1S/C15H23NO3/c1-3-4-10-19-14(18)11-16-15(2,12-17)13-8-6-5-7-9-13/h5-9,16-17H,3-4,10-12H2,1-2H3. The van der Waals surface area contributed by atoms with E-state index in [0.717, 1.165) is 18.4 Å². The zero-order valence-corrected chi connectivity index (χ0v) is 11.7. The quantitative estimate of drug-likeness (QED) is 0.556. The fraction of sp³-hybridized carbons (Fsp3) is 0.533. The van der Waals surface area contributed by atoms with Gasteiger partial charge in [-0.1, -0.05) is 43.7 Å². The molecule has 1 rings (SSSR count). The van der Waals surface area contributed by atoms with E-state index in [2.05, 4.69) is 5.32 Å². The van der Waals surface area contributed by atoms with E-state index in [0.29, 0.717) is 6.61 Å². The second-order valence-electron chi connectivity index (χ2n) is 4.78. The Morgan fingerprint density at radius 3 is 2.63 bits per heavy atom. The smallest absolute Gasteiger partial charge is 0.319 e. The van der Waals surface area contributed by atoms with Crippen LogP contribution >= 0.6 is 0 Å². The first kappa shape index (κ1) is 15.7. The Morgan fingerprint density at radius 1 is 1.37 bits per heavy atom. The molecular formula is C15H23NO3. The van der Waals surface area contributed by atoms with Gasteiger partial charge in [-0.15, -0.1) is 0 Å². The molecule has 2 N–H and O–H groups in total. The molecule has 0 aliphatic rings. The topological polar surface area (TPSA) is 58.6 Å². The number of aliphatic hydroxyl groups excluding tert-OH is 1. The first-order chi connectivity index (χ1) is 9.12. The second-order valence-corrected chi connectivity index (χ2v) is 4.78. The SMILES string of the molecule is CCCCOC(=O)CNC(C)(CO)c1ccccc1. The maximum absolute atomic E-state index is 11.5. The van der Waals surface area contributed by atoms with Crippen molar-refractivity contribution in [2.45, 2.75) is 32.2 Å². The summed E-state index contributed by atoms with van der Waals surface area (Å²) < 4.78 is 5.08. The number of unbranched alkanes of at least 4 members (excludes halogenated alkanes) is 1. The van der Waals surface area contributed by atoms with Crippen LogP contribution < -0.4 is 5.32 Å². The summed E-state index contributed by atoms with van der Waals surface area (Å²) in [6, 6.07) is 9.58. The van der Waals surface area contributed by atoms with Crippen LogP contribution in [0.1, 0.15) is 32.3 Å². The molecule has 19 heavy (non-hydrogen) atoms. The van der Waals surface area contributed by atoms with Crippen molar-refractivity contribution < 1.29 is 14.6 Å². The van der Waals surface area contributed by atoms with Gasteiger partial charge in [0.1, 0.15) is 0 Å². The Kier molecular flexibility index (Phi) is 6.53. The summed E-state index contributed by atoms with van der Waals surface area (Å²) in [7, 11) is 0. The highest BCUT2D eigenvalue weighted by Gasteiger charge is 2.25. The zero-order valence-electron chi connectivity index (χ0n) is 11.7. The molecule has 0 heterocycles. The minimum atomic E-state index is -0.634. The average Bonchev–Trinajstić information content (AvgIpc) is 2.46. The molecule has 0 aromatic heterocycles. The minimum absolute atomic E-state index is 0.0841. The highest BCUT2D eigenvalue weighted by atomic mass is 16.5. The van der Waals surface area contributed by atoms with Gasteiger partial charge in [-0.05, 0) is 18.9 Å². The number of rotatable bonds is 8. The summed E-state index contributed by atoms with van der Waals surface area (Å²) in [4.78, 5) is 11.5. The van der Waals surface area contributed by atoms with Crippen LogP contribution in [0.4, 0.5) is 0 Å². The maximum Gasteiger partial charge on any atom is 0.319 e. The van der Waals surface area contributed by atoms with E-state index in [1.54, 1.807) is 0 Å². The third kappa shape index (κ3) is 5.01. The second kappa shape index (κ2) is 7.92. The van der Waals surface area contributed by atoms with Gasteiger partial charge in [0.2, 0.25) is 0 Å². The van der Waals surface area contributed by atoms with Gasteiger partial charge in [-0.3, -0.25) is 10.1 Å². The minimum Gasteiger partial charge on any atom is -0.465 e. The van der Waals surface area contributed by atoms with Gasteiger partial charge < -0.3 is 9.84 Å². The van der Waals surface area contributed by atoms with E-state index in [-0.39, 0.29) is 19.1 Å². The summed E-state index contributed by atoms with van der Waals surface area (Å²) in [5, 5.41) is 12.6. The van der Waals surface area contributed by atoms with Crippen LogP contribution in [-0.2, 0) is 15.1 Å². The molecule has 0 amide bonds. The van der Waals surface area contributed by atoms with E-state index < -0.39 is 5.54 Å². The molecule has 1 aromatic carbocycles. The summed E-state index contributed by atoms with van der Waals surface area (Å²) in [6.45, 7) is 4.37. The number of hydrogen-bond acceptors (Lipinski definition) is 4. The predicted octanol–water partition coefficient (Wildman–Crippen LogP) is 1.83. The molecule has 106 valence electrons. The number of benzene rings is 1. The van der Waals surface area contributed by atoms with Crippen LogP contribution in [0.2, 0.25) is 0 Å². The molecule has 0 saturated carbocycles. The number of carbonyl (C=O) groups is 1. The summed E-state index contributed by atoms with van der Waals surface area (Å²) in [5.74, 6) is -0.288. The third-order valence-electron chi connectivity index (χ3n) is 3.11. The molecule has 4 nitrogen and oxygen atoms in total. The van der Waals surface area contributed by atoms with E-state index in [4.69, 9.17) is 4.74 Å². The van der Waals surface area contributed by atoms with Crippen molar-refractivity contribution in [1.82, 2.24) is 5.32 Å². The van der Waals surface area contributed by atoms with Gasteiger partial charge in [0.15, 0.2) is 0 Å². The molecule has 0 aliphatic heterocycles. The van der Waals surface area contributed by atoms with Crippen LogP contribution in [0, 0.1) is 0 Å². The lowest BCUT2D eigenvalue weighted by Crippen LogP contribution is -2.45. The van der Waals surface area contributed by atoms with Crippen LogP contribution in [0.3, 0.4) is 0 Å². The zero-order chi connectivity index (χ0) is 14.1. The average molecular weight is 265 g/mol. The van der Waals surface area contributed by atoms with Crippen LogP contribution in [0.15, 0.2) is 30.3 Å². The molecule has 1 aromatic rings. The van der Waals surface area contributed by atoms with Gasteiger partial charge in [-0.2, -0.15) is 0 Å². The maximum atomic E-state index is 11.5.